The van der Waals surface area contributed by atoms with Crippen molar-refractivity contribution in [3.63, 3.8) is 0 Å². The predicted molar refractivity (Wildman–Crippen MR) is 42.9 cm³/mol. The molecule has 0 spiro atoms. The summed E-state index contributed by atoms with van der Waals surface area (Å²) in [6.45, 7) is -0.536. The molecule has 1 saturated heterocycles. The molecular weight excluding hydrogens is 194 g/mol. The fraction of sp³-hybridized carbons (Fsp3) is 1.00. The summed E-state index contributed by atoms with van der Waals surface area (Å²) in [6, 6.07) is -1.03. The maximum atomic E-state index is 9.33. The summed E-state index contributed by atoms with van der Waals surface area (Å²) in [5, 5.41) is 39.4. The summed E-state index contributed by atoms with van der Waals surface area (Å²) < 4.78 is 4.72. The van der Waals surface area contributed by atoms with Gasteiger partial charge in [0.1, 0.15) is 18.3 Å². The van der Waals surface area contributed by atoms with Gasteiger partial charge in [0.15, 0.2) is 6.29 Å². The normalized spacial score (nSPS) is 39.1. The Morgan fingerprint density at radius 1 is 1.36 bits per heavy atom. The van der Waals surface area contributed by atoms with Crippen molar-refractivity contribution < 1.29 is 25.2 Å². The third-order valence-electron chi connectivity index (χ3n) is 2.04. The lowest BCUT2D eigenvalue weighted by Crippen LogP contribution is -2.39. The molecule has 1 heterocycles. The first-order valence-corrected chi connectivity index (χ1v) is 3.96. The monoisotopic (exact) mass is 205 g/mol. The van der Waals surface area contributed by atoms with Crippen LogP contribution in [0.5, 0.6) is 0 Å². The maximum Gasteiger partial charge on any atom is 0.183 e. The number of hydrogen-bond acceptors (Lipinski definition) is 6. The average molecular weight is 205 g/mol. The number of nitrogens with zero attached hydrogens (tertiary/aromatic N) is 3. The molecule has 5 atom stereocenters. The second-order valence-corrected chi connectivity index (χ2v) is 2.93. The summed E-state index contributed by atoms with van der Waals surface area (Å²) in [5.41, 5.74) is 8.13. The molecule has 1 rings (SSSR count). The first kappa shape index (κ1) is 11.2. The summed E-state index contributed by atoms with van der Waals surface area (Å²) in [4.78, 5) is 2.45. The number of hydrogen-bond donors (Lipinski definition) is 4. The molecule has 0 amide bonds. The van der Waals surface area contributed by atoms with Gasteiger partial charge in [-0.2, -0.15) is 0 Å². The van der Waals surface area contributed by atoms with Crippen LogP contribution < -0.4 is 0 Å². The Labute approximate surface area is 79.0 Å². The lowest BCUT2D eigenvalue weighted by atomic mass is 10.1. The summed E-state index contributed by atoms with van der Waals surface area (Å²) in [5.74, 6) is 0. The lowest BCUT2D eigenvalue weighted by molar-refractivity contribution is -0.131. The van der Waals surface area contributed by atoms with E-state index in [-0.39, 0.29) is 0 Å². The van der Waals surface area contributed by atoms with Gasteiger partial charge in [-0.15, -0.1) is 0 Å². The number of ether oxygens (including phenoxy) is 1. The van der Waals surface area contributed by atoms with Gasteiger partial charge in [0.25, 0.3) is 0 Å². The van der Waals surface area contributed by atoms with Gasteiger partial charge in [0, 0.05) is 4.91 Å². The van der Waals surface area contributed by atoms with Crippen molar-refractivity contribution in [3.8, 4) is 0 Å². The molecule has 8 heteroatoms. The standard InChI is InChI=1S/C6H11N3O5/c7-9-8-2(1-10)5-3(11)4(12)6(13)14-5/h2-6,10-13H,1H2/t2-,3-,4+,5+,6?/m0/s1. The van der Waals surface area contributed by atoms with Gasteiger partial charge in [-0.3, -0.25) is 0 Å². The smallest absolute Gasteiger partial charge is 0.183 e. The van der Waals surface area contributed by atoms with Crippen LogP contribution in [0, 0.1) is 0 Å². The molecule has 0 aromatic rings. The molecule has 0 bridgehead atoms. The van der Waals surface area contributed by atoms with Gasteiger partial charge in [0.2, 0.25) is 0 Å². The Hall–Kier alpha value is -0.890. The van der Waals surface area contributed by atoms with Gasteiger partial charge in [0.05, 0.1) is 12.6 Å². The van der Waals surface area contributed by atoms with Crippen molar-refractivity contribution in [3.05, 3.63) is 10.4 Å². The van der Waals surface area contributed by atoms with Gasteiger partial charge >= 0.3 is 0 Å². The minimum Gasteiger partial charge on any atom is -0.396 e. The highest BCUT2D eigenvalue weighted by Crippen LogP contribution is 2.23. The zero-order valence-electron chi connectivity index (χ0n) is 7.13. The minimum absolute atomic E-state index is 0.536. The molecule has 1 unspecified atom stereocenters. The van der Waals surface area contributed by atoms with Crippen LogP contribution in [0.15, 0.2) is 5.11 Å². The summed E-state index contributed by atoms with van der Waals surface area (Å²) >= 11 is 0. The maximum absolute atomic E-state index is 9.33. The van der Waals surface area contributed by atoms with Crippen molar-refractivity contribution >= 4 is 0 Å². The van der Waals surface area contributed by atoms with Crippen LogP contribution in [-0.2, 0) is 4.74 Å². The number of aliphatic hydroxyl groups excluding tert-OH is 4. The second-order valence-electron chi connectivity index (χ2n) is 2.93. The Morgan fingerprint density at radius 3 is 2.36 bits per heavy atom. The largest absolute Gasteiger partial charge is 0.396 e. The van der Waals surface area contributed by atoms with E-state index >= 15 is 0 Å². The minimum atomic E-state index is -1.53. The number of rotatable bonds is 3. The highest BCUT2D eigenvalue weighted by atomic mass is 16.6. The van der Waals surface area contributed by atoms with Crippen molar-refractivity contribution in [2.45, 2.75) is 30.6 Å². The molecule has 1 aliphatic heterocycles. The van der Waals surface area contributed by atoms with Crippen LogP contribution in [0.3, 0.4) is 0 Å². The first-order chi connectivity index (χ1) is 6.61. The van der Waals surface area contributed by atoms with Gasteiger partial charge in [-0.05, 0) is 5.53 Å². The molecule has 1 fully saturated rings. The average Bonchev–Trinajstić information content (AvgIpc) is 2.42. The van der Waals surface area contributed by atoms with Gasteiger partial charge < -0.3 is 25.2 Å². The van der Waals surface area contributed by atoms with Crippen molar-refractivity contribution in [1.29, 1.82) is 0 Å². The third kappa shape index (κ3) is 1.95. The molecule has 0 radical (unpaired) electrons. The van der Waals surface area contributed by atoms with Crippen LogP contribution in [0.1, 0.15) is 0 Å². The zero-order chi connectivity index (χ0) is 10.7. The highest BCUT2D eigenvalue weighted by Gasteiger charge is 2.45. The van der Waals surface area contributed by atoms with Crippen molar-refractivity contribution in [2.24, 2.45) is 5.11 Å². The summed E-state index contributed by atoms with van der Waals surface area (Å²) in [7, 11) is 0. The van der Waals surface area contributed by atoms with Crippen molar-refractivity contribution in [1.82, 2.24) is 0 Å². The molecule has 8 nitrogen and oxygen atoms in total. The topological polar surface area (TPSA) is 139 Å². The third-order valence-corrected chi connectivity index (χ3v) is 2.04. The van der Waals surface area contributed by atoms with Crippen LogP contribution in [-0.4, -0.2) is 57.7 Å². The molecule has 14 heavy (non-hydrogen) atoms. The molecule has 0 aromatic heterocycles. The van der Waals surface area contributed by atoms with Crippen LogP contribution >= 0.6 is 0 Å². The fourth-order valence-electron chi connectivity index (χ4n) is 1.28. The number of aliphatic hydroxyl groups is 4. The van der Waals surface area contributed by atoms with E-state index in [9.17, 15) is 5.11 Å². The van der Waals surface area contributed by atoms with E-state index in [1.807, 2.05) is 0 Å². The Kier molecular flexibility index (Phi) is 3.64. The van der Waals surface area contributed by atoms with E-state index in [0.29, 0.717) is 0 Å². The van der Waals surface area contributed by atoms with E-state index in [0.717, 1.165) is 0 Å². The quantitative estimate of drug-likeness (QED) is 0.242. The Balaban J connectivity index is 2.73. The molecule has 0 aliphatic carbocycles. The lowest BCUT2D eigenvalue weighted by Gasteiger charge is -2.18. The second kappa shape index (κ2) is 4.56. The van der Waals surface area contributed by atoms with Crippen LogP contribution in [0.4, 0.5) is 0 Å². The Morgan fingerprint density at radius 2 is 2.00 bits per heavy atom. The SMILES string of the molecule is [N-]=[N+]=N[C@@H](CO)[C@H]1OC(O)[C@H](O)[C@@H]1O. The molecule has 80 valence electrons. The van der Waals surface area contributed by atoms with Crippen LogP contribution in [0.2, 0.25) is 0 Å². The van der Waals surface area contributed by atoms with E-state index < -0.39 is 37.3 Å². The van der Waals surface area contributed by atoms with Gasteiger partial charge in [-0.25, -0.2) is 0 Å². The molecule has 0 saturated carbocycles. The summed E-state index contributed by atoms with van der Waals surface area (Å²) in [6.07, 6.45) is -5.46. The van der Waals surface area contributed by atoms with Gasteiger partial charge in [-0.1, -0.05) is 5.11 Å². The fourth-order valence-corrected chi connectivity index (χ4v) is 1.28. The van der Waals surface area contributed by atoms with E-state index in [2.05, 4.69) is 10.0 Å². The Bertz CT molecular complexity index is 244. The number of azide groups is 1. The van der Waals surface area contributed by atoms with E-state index in [1.54, 1.807) is 0 Å². The predicted octanol–water partition coefficient (Wildman–Crippen LogP) is -1.90. The van der Waals surface area contributed by atoms with E-state index in [4.69, 9.17) is 25.6 Å². The highest BCUT2D eigenvalue weighted by molar-refractivity contribution is 4.93. The first-order valence-electron chi connectivity index (χ1n) is 3.96. The molecule has 4 N–H and O–H groups in total. The van der Waals surface area contributed by atoms with Crippen LogP contribution in [0.25, 0.3) is 10.4 Å². The van der Waals surface area contributed by atoms with Crippen molar-refractivity contribution in [2.75, 3.05) is 6.61 Å². The molecule has 0 aromatic carbocycles. The zero-order valence-corrected chi connectivity index (χ0v) is 7.13. The molecule has 1 aliphatic rings. The van der Waals surface area contributed by atoms with E-state index in [1.165, 1.54) is 0 Å². The molecular formula is C6H11N3O5.